The number of guanidine groups is 1. The molecule has 1 heterocycles. The van der Waals surface area contributed by atoms with E-state index in [-0.39, 0.29) is 0 Å². The van der Waals surface area contributed by atoms with Crippen LogP contribution in [0.1, 0.15) is 25.0 Å². The first-order valence-corrected chi connectivity index (χ1v) is 7.30. The number of pyridine rings is 1. The van der Waals surface area contributed by atoms with Gasteiger partial charge in [-0.3, -0.25) is 9.98 Å². The molecule has 0 atom stereocenters. The zero-order valence-electron chi connectivity index (χ0n) is 12.1. The lowest BCUT2D eigenvalue weighted by Gasteiger charge is -2.11. The fourth-order valence-corrected chi connectivity index (χ4v) is 1.81. The van der Waals surface area contributed by atoms with Crippen LogP contribution in [-0.4, -0.2) is 37.7 Å². The van der Waals surface area contributed by atoms with Gasteiger partial charge in [-0.25, -0.2) is 0 Å². The molecular weight excluding hydrogens is 252 g/mol. The minimum Gasteiger partial charge on any atom is -0.381 e. The third-order valence-electron chi connectivity index (χ3n) is 3.20. The molecule has 0 aromatic carbocycles. The van der Waals surface area contributed by atoms with E-state index in [1.54, 1.807) is 13.2 Å². The Bertz CT molecular complexity index is 404. The van der Waals surface area contributed by atoms with Gasteiger partial charge in [-0.1, -0.05) is 6.07 Å². The van der Waals surface area contributed by atoms with Crippen LogP contribution in [-0.2, 0) is 11.3 Å². The molecule has 0 radical (unpaired) electrons. The number of hydrogen-bond acceptors (Lipinski definition) is 3. The first kappa shape index (κ1) is 14.8. The van der Waals surface area contributed by atoms with Crippen LogP contribution in [0.2, 0.25) is 0 Å². The second-order valence-corrected chi connectivity index (χ2v) is 5.05. The Hall–Kier alpha value is -1.62. The van der Waals surface area contributed by atoms with E-state index in [2.05, 4.69) is 20.6 Å². The highest BCUT2D eigenvalue weighted by molar-refractivity contribution is 5.79. The molecule has 1 aliphatic rings. The smallest absolute Gasteiger partial charge is 0.191 e. The second kappa shape index (κ2) is 8.53. The van der Waals surface area contributed by atoms with Crippen LogP contribution < -0.4 is 10.6 Å². The van der Waals surface area contributed by atoms with Crippen molar-refractivity contribution in [3.63, 3.8) is 0 Å². The lowest BCUT2D eigenvalue weighted by Crippen LogP contribution is -2.37. The van der Waals surface area contributed by atoms with Crippen molar-refractivity contribution in [1.82, 2.24) is 15.6 Å². The quantitative estimate of drug-likeness (QED) is 0.430. The molecule has 0 saturated heterocycles. The minimum atomic E-state index is 0.679. The van der Waals surface area contributed by atoms with E-state index in [1.165, 1.54) is 12.8 Å². The van der Waals surface area contributed by atoms with E-state index in [9.17, 15) is 0 Å². The highest BCUT2D eigenvalue weighted by Gasteiger charge is 2.20. The van der Waals surface area contributed by atoms with Crippen molar-refractivity contribution in [1.29, 1.82) is 0 Å². The van der Waals surface area contributed by atoms with Gasteiger partial charge in [0, 0.05) is 33.0 Å². The number of rotatable bonds is 8. The molecule has 1 fully saturated rings. The van der Waals surface area contributed by atoms with Gasteiger partial charge < -0.3 is 15.4 Å². The molecule has 20 heavy (non-hydrogen) atoms. The average Bonchev–Trinajstić information content (AvgIpc) is 3.31. The normalized spacial score (nSPS) is 15.2. The molecule has 0 amide bonds. The summed E-state index contributed by atoms with van der Waals surface area (Å²) in [5, 5.41) is 6.51. The van der Waals surface area contributed by atoms with Crippen LogP contribution in [0.25, 0.3) is 0 Å². The molecule has 110 valence electrons. The third-order valence-corrected chi connectivity index (χ3v) is 3.20. The number of aliphatic imine (C=N–C) groups is 1. The van der Waals surface area contributed by atoms with Gasteiger partial charge in [0.1, 0.15) is 0 Å². The van der Waals surface area contributed by atoms with Crippen LogP contribution in [0.5, 0.6) is 0 Å². The molecular formula is C15H24N4O. The van der Waals surface area contributed by atoms with E-state index in [1.807, 2.05) is 18.2 Å². The van der Waals surface area contributed by atoms with Crippen LogP contribution >= 0.6 is 0 Å². The molecule has 0 spiro atoms. The average molecular weight is 276 g/mol. The highest BCUT2D eigenvalue weighted by atomic mass is 16.5. The summed E-state index contributed by atoms with van der Waals surface area (Å²) in [6, 6.07) is 5.89. The summed E-state index contributed by atoms with van der Waals surface area (Å²) in [6.45, 7) is 3.30. The molecule has 1 aromatic rings. The first-order valence-electron chi connectivity index (χ1n) is 7.30. The Kier molecular flexibility index (Phi) is 6.31. The maximum Gasteiger partial charge on any atom is 0.191 e. The zero-order valence-corrected chi connectivity index (χ0v) is 12.1. The maximum absolute atomic E-state index is 5.59. The molecule has 0 unspecified atom stereocenters. The summed E-state index contributed by atoms with van der Waals surface area (Å²) in [5.41, 5.74) is 1.00. The molecule has 0 aliphatic heterocycles. The summed E-state index contributed by atoms with van der Waals surface area (Å²) >= 11 is 0. The Labute approximate surface area is 120 Å². The van der Waals surface area contributed by atoms with Gasteiger partial charge in [0.05, 0.1) is 12.2 Å². The zero-order chi connectivity index (χ0) is 14.0. The van der Waals surface area contributed by atoms with E-state index in [0.717, 1.165) is 43.8 Å². The van der Waals surface area contributed by atoms with Crippen molar-refractivity contribution in [2.24, 2.45) is 10.9 Å². The lowest BCUT2D eigenvalue weighted by atomic mass is 10.3. The fraction of sp³-hybridized carbons (Fsp3) is 0.600. The van der Waals surface area contributed by atoms with Crippen LogP contribution in [0.15, 0.2) is 29.4 Å². The fourth-order valence-electron chi connectivity index (χ4n) is 1.81. The molecule has 2 rings (SSSR count). The van der Waals surface area contributed by atoms with Crippen molar-refractivity contribution in [3.8, 4) is 0 Å². The largest absolute Gasteiger partial charge is 0.381 e. The molecule has 5 heteroatoms. The summed E-state index contributed by atoms with van der Waals surface area (Å²) < 4.78 is 5.59. The van der Waals surface area contributed by atoms with Gasteiger partial charge in [-0.15, -0.1) is 0 Å². The Morgan fingerprint density at radius 2 is 2.30 bits per heavy atom. The van der Waals surface area contributed by atoms with E-state index in [4.69, 9.17) is 4.74 Å². The topological polar surface area (TPSA) is 58.5 Å². The monoisotopic (exact) mass is 276 g/mol. The number of aromatic nitrogens is 1. The standard InChI is InChI=1S/C15H24N4O/c1-16-15(19-11-14-5-2-3-8-17-14)18-9-4-10-20-12-13-6-7-13/h2-3,5,8,13H,4,6-7,9-12H2,1H3,(H2,16,18,19). The minimum absolute atomic E-state index is 0.679. The Morgan fingerprint density at radius 3 is 3.00 bits per heavy atom. The predicted molar refractivity (Wildman–Crippen MR) is 80.6 cm³/mol. The molecule has 0 bridgehead atoms. The number of nitrogens with one attached hydrogen (secondary N) is 2. The summed E-state index contributed by atoms with van der Waals surface area (Å²) in [6.07, 6.45) is 5.49. The SMILES string of the molecule is CN=C(NCCCOCC1CC1)NCc1ccccn1. The van der Waals surface area contributed by atoms with Crippen molar-refractivity contribution >= 4 is 5.96 Å². The number of ether oxygens (including phenoxy) is 1. The van der Waals surface area contributed by atoms with E-state index < -0.39 is 0 Å². The van der Waals surface area contributed by atoms with Crippen LogP contribution in [0.4, 0.5) is 0 Å². The van der Waals surface area contributed by atoms with Gasteiger partial charge in [-0.2, -0.15) is 0 Å². The van der Waals surface area contributed by atoms with Gasteiger partial charge in [0.2, 0.25) is 0 Å². The van der Waals surface area contributed by atoms with Crippen molar-refractivity contribution < 1.29 is 4.74 Å². The summed E-state index contributed by atoms with van der Waals surface area (Å²) in [4.78, 5) is 8.45. The van der Waals surface area contributed by atoms with E-state index in [0.29, 0.717) is 6.54 Å². The maximum atomic E-state index is 5.59. The van der Waals surface area contributed by atoms with Crippen molar-refractivity contribution in [3.05, 3.63) is 30.1 Å². The summed E-state index contributed by atoms with van der Waals surface area (Å²) in [7, 11) is 1.78. The number of nitrogens with zero attached hydrogens (tertiary/aromatic N) is 2. The lowest BCUT2D eigenvalue weighted by molar-refractivity contribution is 0.123. The predicted octanol–water partition coefficient (Wildman–Crippen LogP) is 1.56. The van der Waals surface area contributed by atoms with Crippen LogP contribution in [0, 0.1) is 5.92 Å². The molecule has 1 saturated carbocycles. The molecule has 5 nitrogen and oxygen atoms in total. The van der Waals surface area contributed by atoms with E-state index >= 15 is 0 Å². The molecule has 1 aliphatic carbocycles. The van der Waals surface area contributed by atoms with Gasteiger partial charge in [0.15, 0.2) is 5.96 Å². The van der Waals surface area contributed by atoms with Gasteiger partial charge >= 0.3 is 0 Å². The van der Waals surface area contributed by atoms with Gasteiger partial charge in [0.25, 0.3) is 0 Å². The van der Waals surface area contributed by atoms with Crippen LogP contribution in [0.3, 0.4) is 0 Å². The first-order chi connectivity index (χ1) is 9.88. The summed E-state index contributed by atoms with van der Waals surface area (Å²) in [5.74, 6) is 1.65. The van der Waals surface area contributed by atoms with Crippen molar-refractivity contribution in [2.75, 3.05) is 26.8 Å². The second-order valence-electron chi connectivity index (χ2n) is 5.05. The van der Waals surface area contributed by atoms with Gasteiger partial charge in [-0.05, 0) is 37.3 Å². The molecule has 1 aromatic heterocycles. The highest BCUT2D eigenvalue weighted by Crippen LogP contribution is 2.28. The Morgan fingerprint density at radius 1 is 1.40 bits per heavy atom. The van der Waals surface area contributed by atoms with Crippen molar-refractivity contribution in [2.45, 2.75) is 25.8 Å². The third kappa shape index (κ3) is 6.02. The Balaban J connectivity index is 1.53. The number of hydrogen-bond donors (Lipinski definition) is 2. The molecule has 2 N–H and O–H groups in total.